The monoisotopic (exact) mass is 275 g/mol. The molecule has 0 saturated heterocycles. The zero-order valence-corrected chi connectivity index (χ0v) is 12.0. The fourth-order valence-electron chi connectivity index (χ4n) is 1.84. The maximum atomic E-state index is 5.86. The Balaban J connectivity index is 2.15. The van der Waals surface area contributed by atoms with E-state index < -0.39 is 0 Å². The Labute approximate surface area is 119 Å². The van der Waals surface area contributed by atoms with Gasteiger partial charge in [0.05, 0.1) is 5.88 Å². The zero-order chi connectivity index (χ0) is 13.7. The average molecular weight is 276 g/mol. The van der Waals surface area contributed by atoms with Crippen LogP contribution in [0, 0.1) is 0 Å². The van der Waals surface area contributed by atoms with E-state index in [4.69, 9.17) is 16.3 Å². The van der Waals surface area contributed by atoms with Crippen molar-refractivity contribution >= 4 is 11.6 Å². The number of hydrogen-bond acceptors (Lipinski definition) is 2. The largest absolute Gasteiger partial charge is 0.457 e. The van der Waals surface area contributed by atoms with Crippen molar-refractivity contribution in [3.63, 3.8) is 0 Å². The van der Waals surface area contributed by atoms with E-state index in [1.165, 1.54) is 5.56 Å². The molecule has 2 nitrogen and oxygen atoms in total. The minimum Gasteiger partial charge on any atom is -0.457 e. The molecule has 0 aliphatic rings. The van der Waals surface area contributed by atoms with Crippen LogP contribution < -0.4 is 4.74 Å². The van der Waals surface area contributed by atoms with Crippen LogP contribution in [0.5, 0.6) is 11.5 Å². The predicted octanol–water partition coefficient (Wildman–Crippen LogP) is 5.13. The predicted molar refractivity (Wildman–Crippen MR) is 79.0 cm³/mol. The number of alkyl halides is 1. The molecule has 0 bridgehead atoms. The average Bonchev–Trinajstić information content (AvgIpc) is 2.48. The first-order valence-electron chi connectivity index (χ1n) is 6.51. The van der Waals surface area contributed by atoms with Crippen molar-refractivity contribution in [2.75, 3.05) is 0 Å². The zero-order valence-electron chi connectivity index (χ0n) is 11.3. The van der Waals surface area contributed by atoms with Crippen molar-refractivity contribution in [1.29, 1.82) is 0 Å². The first-order valence-corrected chi connectivity index (χ1v) is 7.04. The highest BCUT2D eigenvalue weighted by Gasteiger charge is 2.06. The van der Waals surface area contributed by atoms with Crippen molar-refractivity contribution in [2.45, 2.75) is 32.1 Å². The highest BCUT2D eigenvalue weighted by atomic mass is 35.5. The van der Waals surface area contributed by atoms with Crippen LogP contribution in [-0.4, -0.2) is 4.98 Å². The third kappa shape index (κ3) is 3.48. The number of hydrogen-bond donors (Lipinski definition) is 0. The van der Waals surface area contributed by atoms with Crippen LogP contribution in [0.15, 0.2) is 42.7 Å². The SMILES string of the molecule is CCC(C)c1ccc(Oc2ccncc2CCl)cc1. The second kappa shape index (κ2) is 6.58. The van der Waals surface area contributed by atoms with Gasteiger partial charge in [-0.25, -0.2) is 0 Å². The maximum Gasteiger partial charge on any atom is 0.134 e. The van der Waals surface area contributed by atoms with E-state index in [9.17, 15) is 0 Å². The van der Waals surface area contributed by atoms with Gasteiger partial charge in [0.15, 0.2) is 0 Å². The molecular weight excluding hydrogens is 258 g/mol. The first-order chi connectivity index (χ1) is 9.24. The summed E-state index contributed by atoms with van der Waals surface area (Å²) >= 11 is 5.86. The molecule has 3 heteroatoms. The van der Waals surface area contributed by atoms with Crippen LogP contribution in [0.25, 0.3) is 0 Å². The first kappa shape index (κ1) is 13.9. The molecule has 0 saturated carbocycles. The molecular formula is C16H18ClNO. The van der Waals surface area contributed by atoms with E-state index in [0.29, 0.717) is 11.8 Å². The van der Waals surface area contributed by atoms with Gasteiger partial charge in [-0.1, -0.05) is 26.0 Å². The van der Waals surface area contributed by atoms with E-state index in [0.717, 1.165) is 23.5 Å². The van der Waals surface area contributed by atoms with Crippen molar-refractivity contribution in [3.8, 4) is 11.5 Å². The molecule has 0 amide bonds. The summed E-state index contributed by atoms with van der Waals surface area (Å²) < 4.78 is 5.84. The van der Waals surface area contributed by atoms with Gasteiger partial charge in [-0.05, 0) is 36.1 Å². The lowest BCUT2D eigenvalue weighted by atomic mass is 9.99. The van der Waals surface area contributed by atoms with E-state index in [2.05, 4.69) is 31.0 Å². The lowest BCUT2D eigenvalue weighted by Gasteiger charge is -2.11. The lowest BCUT2D eigenvalue weighted by Crippen LogP contribution is -1.93. The topological polar surface area (TPSA) is 22.1 Å². The van der Waals surface area contributed by atoms with Gasteiger partial charge in [-0.2, -0.15) is 0 Å². The molecule has 0 N–H and O–H groups in total. The van der Waals surface area contributed by atoms with Gasteiger partial charge >= 0.3 is 0 Å². The summed E-state index contributed by atoms with van der Waals surface area (Å²) in [4.78, 5) is 4.04. The Morgan fingerprint density at radius 3 is 2.58 bits per heavy atom. The van der Waals surface area contributed by atoms with Gasteiger partial charge in [-0.15, -0.1) is 11.6 Å². The van der Waals surface area contributed by atoms with E-state index in [1.807, 2.05) is 18.2 Å². The summed E-state index contributed by atoms with van der Waals surface area (Å²) in [6.07, 6.45) is 4.58. The second-order valence-electron chi connectivity index (χ2n) is 4.60. The molecule has 2 aromatic rings. The van der Waals surface area contributed by atoms with Crippen molar-refractivity contribution in [1.82, 2.24) is 4.98 Å². The maximum absolute atomic E-state index is 5.86. The lowest BCUT2D eigenvalue weighted by molar-refractivity contribution is 0.477. The van der Waals surface area contributed by atoms with Crippen LogP contribution >= 0.6 is 11.6 Å². The molecule has 1 heterocycles. The molecule has 19 heavy (non-hydrogen) atoms. The molecule has 0 spiro atoms. The Morgan fingerprint density at radius 2 is 1.95 bits per heavy atom. The van der Waals surface area contributed by atoms with Crippen LogP contribution in [-0.2, 0) is 5.88 Å². The van der Waals surface area contributed by atoms with E-state index in [-0.39, 0.29) is 0 Å². The summed E-state index contributed by atoms with van der Waals surface area (Å²) in [5.41, 5.74) is 2.23. The van der Waals surface area contributed by atoms with Crippen LogP contribution in [0.3, 0.4) is 0 Å². The second-order valence-corrected chi connectivity index (χ2v) is 4.86. The molecule has 0 aliphatic heterocycles. The van der Waals surface area contributed by atoms with Crippen LogP contribution in [0.1, 0.15) is 37.3 Å². The Morgan fingerprint density at radius 1 is 1.21 bits per heavy atom. The van der Waals surface area contributed by atoms with Crippen molar-refractivity contribution < 1.29 is 4.74 Å². The normalized spacial score (nSPS) is 12.2. The minimum atomic E-state index is 0.397. The fraction of sp³-hybridized carbons (Fsp3) is 0.312. The molecule has 1 aromatic heterocycles. The summed E-state index contributed by atoms with van der Waals surface area (Å²) in [7, 11) is 0. The molecule has 0 aliphatic carbocycles. The molecule has 2 rings (SSSR count). The van der Waals surface area contributed by atoms with Gasteiger partial charge in [-0.3, -0.25) is 4.98 Å². The van der Waals surface area contributed by atoms with Gasteiger partial charge < -0.3 is 4.74 Å². The number of rotatable bonds is 5. The highest BCUT2D eigenvalue weighted by Crippen LogP contribution is 2.27. The van der Waals surface area contributed by atoms with Crippen molar-refractivity contribution in [2.24, 2.45) is 0 Å². The summed E-state index contributed by atoms with van der Waals surface area (Å²) in [6.45, 7) is 4.42. The van der Waals surface area contributed by atoms with Crippen molar-refractivity contribution in [3.05, 3.63) is 53.9 Å². The fourth-order valence-corrected chi connectivity index (χ4v) is 2.04. The standard InChI is InChI=1S/C16H18ClNO/c1-3-12(2)13-4-6-15(7-5-13)19-16-8-9-18-11-14(16)10-17/h4-9,11-12H,3,10H2,1-2H3. The number of ether oxygens (including phenoxy) is 1. The Bertz CT molecular complexity index is 525. The van der Waals surface area contributed by atoms with Crippen LogP contribution in [0.4, 0.5) is 0 Å². The number of pyridine rings is 1. The molecule has 1 unspecified atom stereocenters. The summed E-state index contributed by atoms with van der Waals surface area (Å²) in [5, 5.41) is 0. The summed E-state index contributed by atoms with van der Waals surface area (Å²) in [5.74, 6) is 2.56. The van der Waals surface area contributed by atoms with E-state index in [1.54, 1.807) is 12.4 Å². The van der Waals surface area contributed by atoms with Gasteiger partial charge in [0.1, 0.15) is 11.5 Å². The smallest absolute Gasteiger partial charge is 0.134 e. The number of halogens is 1. The van der Waals surface area contributed by atoms with Crippen LogP contribution in [0.2, 0.25) is 0 Å². The number of nitrogens with zero attached hydrogens (tertiary/aromatic N) is 1. The third-order valence-corrected chi connectivity index (χ3v) is 3.58. The molecule has 1 atom stereocenters. The van der Waals surface area contributed by atoms with Gasteiger partial charge in [0.2, 0.25) is 0 Å². The molecule has 0 radical (unpaired) electrons. The number of aromatic nitrogens is 1. The minimum absolute atomic E-state index is 0.397. The third-order valence-electron chi connectivity index (χ3n) is 3.29. The highest BCUT2D eigenvalue weighted by molar-refractivity contribution is 6.17. The van der Waals surface area contributed by atoms with E-state index >= 15 is 0 Å². The van der Waals surface area contributed by atoms with Gasteiger partial charge in [0.25, 0.3) is 0 Å². The van der Waals surface area contributed by atoms with Gasteiger partial charge in [0, 0.05) is 18.0 Å². The Kier molecular flexibility index (Phi) is 4.80. The summed E-state index contributed by atoms with van der Waals surface area (Å²) in [6, 6.07) is 10.1. The molecule has 100 valence electrons. The molecule has 0 fully saturated rings. The Hall–Kier alpha value is -1.54. The quantitative estimate of drug-likeness (QED) is 0.706. The number of benzene rings is 1. The molecule has 1 aromatic carbocycles.